The number of fused-ring (bicyclic) bond motifs is 1. The topological polar surface area (TPSA) is 78.9 Å². The Morgan fingerprint density at radius 2 is 1.84 bits per heavy atom. The maximum atomic E-state index is 14.2. The molecule has 178 valence electrons. The number of benzene rings is 2. The predicted molar refractivity (Wildman–Crippen MR) is 109 cm³/mol. The number of rotatable bonds is 9. The Bertz CT molecular complexity index is 1100. The van der Waals surface area contributed by atoms with Gasteiger partial charge in [0, 0.05) is 17.6 Å². The van der Waals surface area contributed by atoms with Gasteiger partial charge >= 0.3 is 21.6 Å². The molecular formula is C20H21ClF4O6S. The molecule has 2 aromatic carbocycles. The first-order valence-corrected chi connectivity index (χ1v) is 11.3. The summed E-state index contributed by atoms with van der Waals surface area (Å²) in [6.45, 7) is 4.73. The van der Waals surface area contributed by atoms with Gasteiger partial charge in [0.1, 0.15) is 5.82 Å². The van der Waals surface area contributed by atoms with E-state index in [1.165, 1.54) is 19.9 Å². The van der Waals surface area contributed by atoms with Gasteiger partial charge in [0.25, 0.3) is 0 Å². The fraction of sp³-hybridized carbons (Fsp3) is 0.450. The molecule has 0 bridgehead atoms. The highest BCUT2D eigenvalue weighted by molar-refractivity contribution is 7.88. The molecule has 0 unspecified atom stereocenters. The number of carbonyl (C=O) groups is 1. The first-order chi connectivity index (χ1) is 14.8. The van der Waals surface area contributed by atoms with Crippen LogP contribution in [0.5, 0.6) is 5.75 Å². The van der Waals surface area contributed by atoms with Crippen molar-refractivity contribution in [1.29, 1.82) is 0 Å². The van der Waals surface area contributed by atoms with Gasteiger partial charge in [0.2, 0.25) is 0 Å². The Labute approximate surface area is 187 Å². The summed E-state index contributed by atoms with van der Waals surface area (Å²) in [5, 5.41) is -0.578. The molecule has 0 spiro atoms. The minimum Gasteiger partial charge on any atom is -0.464 e. The molecule has 2 aromatic rings. The van der Waals surface area contributed by atoms with Crippen molar-refractivity contribution in [3.63, 3.8) is 0 Å². The zero-order chi connectivity index (χ0) is 24.3. The van der Waals surface area contributed by atoms with E-state index in [-0.39, 0.29) is 40.1 Å². The van der Waals surface area contributed by atoms with Gasteiger partial charge < -0.3 is 13.7 Å². The summed E-state index contributed by atoms with van der Waals surface area (Å²) < 4.78 is 92.1. The lowest BCUT2D eigenvalue weighted by molar-refractivity contribution is -0.157. The number of hydrogen-bond donors (Lipinski definition) is 0. The van der Waals surface area contributed by atoms with Crippen LogP contribution >= 0.6 is 11.6 Å². The van der Waals surface area contributed by atoms with Crippen LogP contribution in [0.25, 0.3) is 10.8 Å². The van der Waals surface area contributed by atoms with Crippen LogP contribution < -0.4 is 4.18 Å². The molecule has 0 fully saturated rings. The Morgan fingerprint density at radius 3 is 2.41 bits per heavy atom. The number of carbonyl (C=O) groups excluding carboxylic acids is 1. The molecule has 1 atom stereocenters. The zero-order valence-electron chi connectivity index (χ0n) is 17.4. The Kier molecular flexibility index (Phi) is 8.35. The Balaban J connectivity index is 2.85. The van der Waals surface area contributed by atoms with Crippen LogP contribution in [-0.4, -0.2) is 33.1 Å². The molecule has 6 nitrogen and oxygen atoms in total. The van der Waals surface area contributed by atoms with Crippen molar-refractivity contribution in [2.75, 3.05) is 13.2 Å². The molecule has 0 saturated carbocycles. The number of hydrogen-bond acceptors (Lipinski definition) is 6. The lowest BCUT2D eigenvalue weighted by Crippen LogP contribution is -2.29. The summed E-state index contributed by atoms with van der Waals surface area (Å²) in [6, 6.07) is 3.24. The van der Waals surface area contributed by atoms with Crippen LogP contribution in [-0.2, 0) is 24.4 Å². The smallest absolute Gasteiger partial charge is 0.464 e. The van der Waals surface area contributed by atoms with E-state index in [9.17, 15) is 30.8 Å². The number of ether oxygens (including phenoxy) is 2. The maximum Gasteiger partial charge on any atom is 0.534 e. The summed E-state index contributed by atoms with van der Waals surface area (Å²) in [5.74, 6) is -2.87. The second kappa shape index (κ2) is 10.2. The van der Waals surface area contributed by atoms with Gasteiger partial charge in [-0.05, 0) is 43.4 Å². The van der Waals surface area contributed by atoms with Gasteiger partial charge in [0.15, 0.2) is 11.9 Å². The minimum absolute atomic E-state index is 0.0257. The molecule has 0 radical (unpaired) electrons. The highest BCUT2D eigenvalue weighted by Gasteiger charge is 2.49. The summed E-state index contributed by atoms with van der Waals surface area (Å²) in [5.41, 5.74) is -5.93. The molecule has 0 saturated heterocycles. The molecule has 0 aliphatic rings. The molecule has 0 aromatic heterocycles. The molecule has 0 amide bonds. The van der Waals surface area contributed by atoms with E-state index in [2.05, 4.69) is 4.18 Å². The third-order valence-corrected chi connectivity index (χ3v) is 5.64. The number of unbranched alkanes of at least 4 members (excludes halogenated alkanes) is 1. The minimum atomic E-state index is -6.16. The SMILES string of the molecule is CCCCO[C@H](C(=O)OCC)c1c(C)cc2cc(Cl)c(F)cc2c1OS(=O)(=O)C(F)(F)F. The van der Waals surface area contributed by atoms with Gasteiger partial charge in [-0.1, -0.05) is 31.0 Å². The maximum absolute atomic E-state index is 14.2. The van der Waals surface area contributed by atoms with Crippen molar-refractivity contribution >= 4 is 38.5 Å². The van der Waals surface area contributed by atoms with Crippen LogP contribution in [0.4, 0.5) is 17.6 Å². The number of halogens is 5. The van der Waals surface area contributed by atoms with Crippen molar-refractivity contribution < 1.29 is 44.4 Å². The molecule has 0 N–H and O–H groups in total. The number of aryl methyl sites for hydroxylation is 1. The van der Waals surface area contributed by atoms with Crippen molar-refractivity contribution in [2.45, 2.75) is 45.2 Å². The third-order valence-electron chi connectivity index (χ3n) is 4.40. The average molecular weight is 501 g/mol. The predicted octanol–water partition coefficient (Wildman–Crippen LogP) is 5.59. The third kappa shape index (κ3) is 5.62. The van der Waals surface area contributed by atoms with Gasteiger partial charge in [-0.2, -0.15) is 21.6 Å². The summed E-state index contributed by atoms with van der Waals surface area (Å²) >= 11 is 5.76. The number of alkyl halides is 3. The van der Waals surface area contributed by atoms with E-state index in [1.54, 1.807) is 0 Å². The van der Waals surface area contributed by atoms with Crippen LogP contribution in [0.15, 0.2) is 18.2 Å². The van der Waals surface area contributed by atoms with Crippen molar-refractivity contribution in [3.8, 4) is 5.75 Å². The normalized spacial score (nSPS) is 13.2. The van der Waals surface area contributed by atoms with Crippen LogP contribution in [0.2, 0.25) is 5.02 Å². The van der Waals surface area contributed by atoms with Gasteiger partial charge in [-0.15, -0.1) is 0 Å². The van der Waals surface area contributed by atoms with E-state index in [0.717, 1.165) is 12.1 Å². The monoisotopic (exact) mass is 500 g/mol. The Morgan fingerprint density at radius 1 is 1.19 bits per heavy atom. The molecule has 2 rings (SSSR count). The molecule has 0 aliphatic heterocycles. The highest BCUT2D eigenvalue weighted by atomic mass is 35.5. The van der Waals surface area contributed by atoms with Crippen molar-refractivity contribution in [1.82, 2.24) is 0 Å². The zero-order valence-corrected chi connectivity index (χ0v) is 19.0. The largest absolute Gasteiger partial charge is 0.534 e. The fourth-order valence-electron chi connectivity index (χ4n) is 2.92. The summed E-state index contributed by atoms with van der Waals surface area (Å²) in [6.07, 6.45) is -0.422. The molecular weight excluding hydrogens is 480 g/mol. The summed E-state index contributed by atoms with van der Waals surface area (Å²) in [7, 11) is -6.16. The van der Waals surface area contributed by atoms with Crippen LogP contribution in [0, 0.1) is 12.7 Å². The average Bonchev–Trinajstić information content (AvgIpc) is 2.67. The van der Waals surface area contributed by atoms with E-state index in [4.69, 9.17) is 21.1 Å². The molecule has 0 aliphatic carbocycles. The van der Waals surface area contributed by atoms with Crippen molar-refractivity contribution in [2.24, 2.45) is 0 Å². The first-order valence-electron chi connectivity index (χ1n) is 9.55. The van der Waals surface area contributed by atoms with Crippen LogP contribution in [0.3, 0.4) is 0 Å². The van der Waals surface area contributed by atoms with E-state index in [1.807, 2.05) is 6.92 Å². The second-order valence-corrected chi connectivity index (χ2v) is 8.71. The van der Waals surface area contributed by atoms with Crippen molar-refractivity contribution in [3.05, 3.63) is 40.2 Å². The highest BCUT2D eigenvalue weighted by Crippen LogP contribution is 2.42. The van der Waals surface area contributed by atoms with Crippen LogP contribution in [0.1, 0.15) is 43.9 Å². The van der Waals surface area contributed by atoms with E-state index < -0.39 is 39.3 Å². The quantitative estimate of drug-likeness (QED) is 0.147. The standard InChI is InChI=1S/C20H21ClF4O6S/c1-4-6-7-30-18(19(26)29-5-2)16-11(3)8-12-9-14(21)15(22)10-13(12)17(16)31-32(27,28)20(23,24)25/h8-10,18H,4-7H2,1-3H3/t18-/m0/s1. The Hall–Kier alpha value is -2.11. The second-order valence-electron chi connectivity index (χ2n) is 6.76. The molecule has 32 heavy (non-hydrogen) atoms. The van der Waals surface area contributed by atoms with Gasteiger partial charge in [-0.3, -0.25) is 0 Å². The summed E-state index contributed by atoms with van der Waals surface area (Å²) in [4.78, 5) is 12.6. The lowest BCUT2D eigenvalue weighted by atomic mass is 9.96. The lowest BCUT2D eigenvalue weighted by Gasteiger charge is -2.23. The van der Waals surface area contributed by atoms with E-state index in [0.29, 0.717) is 12.8 Å². The van der Waals surface area contributed by atoms with Gasteiger partial charge in [0.05, 0.1) is 11.6 Å². The van der Waals surface area contributed by atoms with E-state index >= 15 is 0 Å². The van der Waals surface area contributed by atoms with Gasteiger partial charge in [-0.25, -0.2) is 9.18 Å². The fourth-order valence-corrected chi connectivity index (χ4v) is 3.58. The number of esters is 1. The molecule has 12 heteroatoms. The molecule has 0 heterocycles. The first kappa shape index (κ1) is 26.1.